The van der Waals surface area contributed by atoms with Crippen molar-refractivity contribution in [1.29, 1.82) is 0 Å². The highest BCUT2D eigenvalue weighted by Gasteiger charge is 2.23. The first-order valence-corrected chi connectivity index (χ1v) is 6.76. The van der Waals surface area contributed by atoms with Gasteiger partial charge >= 0.3 is 5.97 Å². The molecule has 0 spiro atoms. The predicted octanol–water partition coefficient (Wildman–Crippen LogP) is 2.90. The van der Waals surface area contributed by atoms with Crippen LogP contribution in [0.1, 0.15) is 23.2 Å². The minimum absolute atomic E-state index is 0.269. The van der Waals surface area contributed by atoms with Crippen molar-refractivity contribution in [2.24, 2.45) is 5.92 Å². The summed E-state index contributed by atoms with van der Waals surface area (Å²) in [6.45, 7) is 2.42. The van der Waals surface area contributed by atoms with E-state index in [2.05, 4.69) is 4.90 Å². The minimum Gasteiger partial charge on any atom is -0.478 e. The van der Waals surface area contributed by atoms with Crippen LogP contribution in [0.5, 0.6) is 0 Å². The third-order valence-corrected chi connectivity index (χ3v) is 3.69. The number of methoxy groups -OCH3 is 1. The molecule has 4 nitrogen and oxygen atoms in total. The zero-order valence-electron chi connectivity index (χ0n) is 10.9. The average Bonchev–Trinajstić information content (AvgIpc) is 2.39. The van der Waals surface area contributed by atoms with Gasteiger partial charge in [-0.25, -0.2) is 4.79 Å². The van der Waals surface area contributed by atoms with Gasteiger partial charge in [-0.05, 0) is 37.0 Å². The molecule has 1 N–H and O–H groups in total. The van der Waals surface area contributed by atoms with E-state index in [-0.39, 0.29) is 5.56 Å². The second-order valence-electron chi connectivity index (χ2n) is 4.88. The van der Waals surface area contributed by atoms with Crippen molar-refractivity contribution in [3.8, 4) is 0 Å². The number of carboxylic acids is 1. The predicted molar refractivity (Wildman–Crippen MR) is 75.2 cm³/mol. The molecule has 19 heavy (non-hydrogen) atoms. The summed E-state index contributed by atoms with van der Waals surface area (Å²) in [6, 6.07) is 5.05. The number of benzene rings is 1. The third kappa shape index (κ3) is 3.39. The van der Waals surface area contributed by atoms with Crippen molar-refractivity contribution in [3.63, 3.8) is 0 Å². The van der Waals surface area contributed by atoms with Gasteiger partial charge in [-0.1, -0.05) is 11.6 Å². The highest BCUT2D eigenvalue weighted by atomic mass is 35.5. The van der Waals surface area contributed by atoms with Gasteiger partial charge in [-0.15, -0.1) is 0 Å². The lowest BCUT2D eigenvalue weighted by molar-refractivity contribution is 0.0697. The maximum absolute atomic E-state index is 11.3. The van der Waals surface area contributed by atoms with Gasteiger partial charge in [0.15, 0.2) is 0 Å². The topological polar surface area (TPSA) is 49.8 Å². The molecule has 104 valence electrons. The maximum atomic E-state index is 11.3. The summed E-state index contributed by atoms with van der Waals surface area (Å²) in [5, 5.41) is 9.73. The van der Waals surface area contributed by atoms with Crippen LogP contribution < -0.4 is 4.90 Å². The summed E-state index contributed by atoms with van der Waals surface area (Å²) >= 11 is 5.88. The van der Waals surface area contributed by atoms with E-state index in [0.29, 0.717) is 17.5 Å². The molecule has 1 heterocycles. The summed E-state index contributed by atoms with van der Waals surface area (Å²) in [5.41, 5.74) is 1.02. The Morgan fingerprint density at radius 2 is 2.37 bits per heavy atom. The van der Waals surface area contributed by atoms with E-state index in [1.165, 1.54) is 6.07 Å². The smallest absolute Gasteiger partial charge is 0.337 e. The molecule has 1 saturated heterocycles. The van der Waals surface area contributed by atoms with Crippen LogP contribution in [0.25, 0.3) is 0 Å². The van der Waals surface area contributed by atoms with Crippen LogP contribution in [0, 0.1) is 5.92 Å². The van der Waals surface area contributed by atoms with Gasteiger partial charge < -0.3 is 14.7 Å². The number of aromatic carboxylic acids is 1. The zero-order valence-corrected chi connectivity index (χ0v) is 11.7. The van der Waals surface area contributed by atoms with Crippen molar-refractivity contribution in [3.05, 3.63) is 28.8 Å². The first-order valence-electron chi connectivity index (χ1n) is 6.38. The van der Waals surface area contributed by atoms with E-state index in [4.69, 9.17) is 16.3 Å². The van der Waals surface area contributed by atoms with Crippen LogP contribution in [-0.2, 0) is 4.74 Å². The van der Waals surface area contributed by atoms with Gasteiger partial charge in [-0.3, -0.25) is 0 Å². The summed E-state index contributed by atoms with van der Waals surface area (Å²) < 4.78 is 5.20. The van der Waals surface area contributed by atoms with Gasteiger partial charge in [0.05, 0.1) is 17.9 Å². The quantitative estimate of drug-likeness (QED) is 0.923. The fourth-order valence-electron chi connectivity index (χ4n) is 2.61. The number of hydrogen-bond donors (Lipinski definition) is 1. The van der Waals surface area contributed by atoms with Gasteiger partial charge in [0.1, 0.15) is 0 Å². The van der Waals surface area contributed by atoms with E-state index in [1.807, 2.05) is 0 Å². The second kappa shape index (κ2) is 6.26. The monoisotopic (exact) mass is 283 g/mol. The molecule has 1 aromatic carbocycles. The molecule has 1 aliphatic rings. The Hall–Kier alpha value is -1.26. The lowest BCUT2D eigenvalue weighted by Crippen LogP contribution is -2.37. The van der Waals surface area contributed by atoms with E-state index >= 15 is 0 Å². The normalized spacial score (nSPS) is 19.5. The molecule has 0 amide bonds. The number of anilines is 1. The van der Waals surface area contributed by atoms with Crippen molar-refractivity contribution >= 4 is 23.3 Å². The largest absolute Gasteiger partial charge is 0.478 e. The van der Waals surface area contributed by atoms with Crippen molar-refractivity contribution in [1.82, 2.24) is 0 Å². The molecular weight excluding hydrogens is 266 g/mol. The van der Waals surface area contributed by atoms with Crippen molar-refractivity contribution in [2.75, 3.05) is 31.7 Å². The average molecular weight is 284 g/mol. The number of carbonyl (C=O) groups is 1. The molecule has 0 saturated carbocycles. The van der Waals surface area contributed by atoms with Crippen LogP contribution >= 0.6 is 11.6 Å². The molecule has 0 aliphatic carbocycles. The number of carboxylic acid groups (broad SMARTS) is 1. The van der Waals surface area contributed by atoms with E-state index in [1.54, 1.807) is 19.2 Å². The van der Waals surface area contributed by atoms with Crippen molar-refractivity contribution in [2.45, 2.75) is 12.8 Å². The van der Waals surface area contributed by atoms with Gasteiger partial charge in [0, 0.05) is 25.2 Å². The second-order valence-corrected chi connectivity index (χ2v) is 5.31. The standard InChI is InChI=1S/C14H18ClNO3/c1-19-9-10-3-2-6-16(8-10)13-5-4-11(15)7-12(13)14(17)18/h4-5,7,10H,2-3,6,8-9H2,1H3,(H,17,18). The Labute approximate surface area is 117 Å². The lowest BCUT2D eigenvalue weighted by atomic mass is 9.97. The molecule has 2 rings (SSSR count). The summed E-state index contributed by atoms with van der Waals surface area (Å²) in [5.74, 6) is -0.484. The fraction of sp³-hybridized carbons (Fsp3) is 0.500. The molecule has 0 radical (unpaired) electrons. The fourth-order valence-corrected chi connectivity index (χ4v) is 2.78. The number of ether oxygens (including phenoxy) is 1. The summed E-state index contributed by atoms with van der Waals surface area (Å²) in [7, 11) is 1.70. The Morgan fingerprint density at radius 1 is 1.58 bits per heavy atom. The molecule has 1 unspecified atom stereocenters. The Bertz CT molecular complexity index is 462. The third-order valence-electron chi connectivity index (χ3n) is 3.45. The maximum Gasteiger partial charge on any atom is 0.337 e. The molecule has 1 aliphatic heterocycles. The Balaban J connectivity index is 2.23. The number of nitrogens with zero attached hydrogens (tertiary/aromatic N) is 1. The lowest BCUT2D eigenvalue weighted by Gasteiger charge is -2.34. The van der Waals surface area contributed by atoms with E-state index in [0.717, 1.165) is 31.6 Å². The van der Waals surface area contributed by atoms with Gasteiger partial charge in [0.2, 0.25) is 0 Å². The zero-order chi connectivity index (χ0) is 13.8. The van der Waals surface area contributed by atoms with Crippen LogP contribution in [0.2, 0.25) is 5.02 Å². The van der Waals surface area contributed by atoms with Gasteiger partial charge in [0.25, 0.3) is 0 Å². The number of hydrogen-bond acceptors (Lipinski definition) is 3. The first-order chi connectivity index (χ1) is 9.11. The Kier molecular flexibility index (Phi) is 4.66. The number of piperidine rings is 1. The van der Waals surface area contributed by atoms with Crippen LogP contribution in [0.15, 0.2) is 18.2 Å². The SMILES string of the molecule is COCC1CCCN(c2ccc(Cl)cc2C(=O)O)C1. The summed E-state index contributed by atoms with van der Waals surface area (Å²) in [6.07, 6.45) is 2.18. The first kappa shape index (κ1) is 14.2. The number of halogens is 1. The van der Waals surface area contributed by atoms with Gasteiger partial charge in [-0.2, -0.15) is 0 Å². The molecule has 5 heteroatoms. The molecular formula is C14H18ClNO3. The van der Waals surface area contributed by atoms with Crippen LogP contribution in [0.3, 0.4) is 0 Å². The minimum atomic E-state index is -0.939. The summed E-state index contributed by atoms with van der Waals surface area (Å²) in [4.78, 5) is 13.4. The molecule has 1 aromatic rings. The van der Waals surface area contributed by atoms with Crippen molar-refractivity contribution < 1.29 is 14.6 Å². The highest BCUT2D eigenvalue weighted by Crippen LogP contribution is 2.28. The molecule has 0 bridgehead atoms. The van der Waals surface area contributed by atoms with Crippen LogP contribution in [0.4, 0.5) is 5.69 Å². The highest BCUT2D eigenvalue weighted by molar-refractivity contribution is 6.31. The van der Waals surface area contributed by atoms with Crippen LogP contribution in [-0.4, -0.2) is 37.9 Å². The molecule has 0 aromatic heterocycles. The number of rotatable bonds is 4. The molecule has 1 fully saturated rings. The van der Waals surface area contributed by atoms with E-state index in [9.17, 15) is 9.90 Å². The molecule has 1 atom stereocenters. The van der Waals surface area contributed by atoms with E-state index < -0.39 is 5.97 Å². The Morgan fingerprint density at radius 3 is 3.05 bits per heavy atom.